The molecule has 3 heterocycles. The zero-order valence-corrected chi connectivity index (χ0v) is 13.8. The van der Waals surface area contributed by atoms with Crippen molar-refractivity contribution in [2.24, 2.45) is 7.05 Å². The lowest BCUT2D eigenvalue weighted by Crippen LogP contribution is -2.25. The lowest BCUT2D eigenvalue weighted by molar-refractivity contribution is 0.206. The minimum atomic E-state index is 0.0909. The first kappa shape index (κ1) is 15.0. The van der Waals surface area contributed by atoms with Gasteiger partial charge in [0, 0.05) is 25.1 Å². The Bertz CT molecular complexity index is 811. The summed E-state index contributed by atoms with van der Waals surface area (Å²) in [6, 6.07) is 9.98. The van der Waals surface area contributed by atoms with E-state index in [2.05, 4.69) is 32.2 Å². The van der Waals surface area contributed by atoms with Crippen LogP contribution in [0.1, 0.15) is 37.0 Å². The molecule has 2 aromatic heterocycles. The van der Waals surface area contributed by atoms with Gasteiger partial charge >= 0.3 is 0 Å². The summed E-state index contributed by atoms with van der Waals surface area (Å²) in [5.74, 6) is 2.74. The number of hydrogen-bond acceptors (Lipinski definition) is 6. The number of rotatable bonds is 4. The Balaban J connectivity index is 1.48. The first-order chi connectivity index (χ1) is 11.7. The van der Waals surface area contributed by atoms with Crippen LogP contribution in [0.4, 0.5) is 0 Å². The first-order valence-corrected chi connectivity index (χ1v) is 8.19. The molecule has 4 rings (SSSR count). The van der Waals surface area contributed by atoms with Crippen molar-refractivity contribution in [2.75, 3.05) is 13.1 Å². The van der Waals surface area contributed by atoms with Gasteiger partial charge in [0.1, 0.15) is 12.2 Å². The van der Waals surface area contributed by atoms with Gasteiger partial charge in [0.25, 0.3) is 0 Å². The molecule has 1 fully saturated rings. The fraction of sp³-hybridized carbons (Fsp3) is 0.412. The van der Waals surface area contributed by atoms with Crippen molar-refractivity contribution >= 4 is 0 Å². The molecule has 1 aliphatic rings. The zero-order chi connectivity index (χ0) is 16.5. The molecular weight excluding hydrogens is 304 g/mol. The van der Waals surface area contributed by atoms with E-state index >= 15 is 0 Å². The SMILES string of the molecule is CC(c1nc(-c2ccccc2)no1)N1CCC(c2nncn2C)C1. The number of likely N-dealkylation sites (tertiary alicyclic amines) is 1. The second kappa shape index (κ2) is 6.16. The van der Waals surface area contributed by atoms with Gasteiger partial charge in [-0.2, -0.15) is 4.98 Å². The lowest BCUT2D eigenvalue weighted by atomic mass is 10.1. The Labute approximate surface area is 140 Å². The molecule has 0 aliphatic carbocycles. The molecule has 0 saturated carbocycles. The van der Waals surface area contributed by atoms with Gasteiger partial charge in [0.2, 0.25) is 11.7 Å². The summed E-state index contributed by atoms with van der Waals surface area (Å²) in [6.45, 7) is 4.03. The smallest absolute Gasteiger partial charge is 0.244 e. The van der Waals surface area contributed by atoms with Gasteiger partial charge in [-0.3, -0.25) is 4.90 Å². The van der Waals surface area contributed by atoms with Crippen LogP contribution in [-0.4, -0.2) is 42.9 Å². The first-order valence-electron chi connectivity index (χ1n) is 8.19. The highest BCUT2D eigenvalue weighted by Gasteiger charge is 2.32. The van der Waals surface area contributed by atoms with E-state index in [9.17, 15) is 0 Å². The van der Waals surface area contributed by atoms with E-state index in [-0.39, 0.29) is 6.04 Å². The molecule has 1 aliphatic heterocycles. The van der Waals surface area contributed by atoms with E-state index in [1.54, 1.807) is 6.33 Å². The molecule has 0 N–H and O–H groups in total. The summed E-state index contributed by atoms with van der Waals surface area (Å²) in [5, 5.41) is 12.4. The van der Waals surface area contributed by atoms with Crippen LogP contribution in [0.5, 0.6) is 0 Å². The minimum absolute atomic E-state index is 0.0909. The zero-order valence-electron chi connectivity index (χ0n) is 13.8. The predicted molar refractivity (Wildman–Crippen MR) is 88.1 cm³/mol. The summed E-state index contributed by atoms with van der Waals surface area (Å²) in [4.78, 5) is 6.94. The average molecular weight is 324 g/mol. The quantitative estimate of drug-likeness (QED) is 0.734. The van der Waals surface area contributed by atoms with Crippen LogP contribution in [0.3, 0.4) is 0 Å². The second-order valence-corrected chi connectivity index (χ2v) is 6.28. The second-order valence-electron chi connectivity index (χ2n) is 6.28. The van der Waals surface area contributed by atoms with Crippen LogP contribution < -0.4 is 0 Å². The van der Waals surface area contributed by atoms with E-state index in [0.29, 0.717) is 17.6 Å². The summed E-state index contributed by atoms with van der Waals surface area (Å²) >= 11 is 0. The van der Waals surface area contributed by atoms with Crippen molar-refractivity contribution in [3.8, 4) is 11.4 Å². The van der Waals surface area contributed by atoms with Crippen LogP contribution in [0, 0.1) is 0 Å². The number of hydrogen-bond donors (Lipinski definition) is 0. The van der Waals surface area contributed by atoms with Gasteiger partial charge < -0.3 is 9.09 Å². The van der Waals surface area contributed by atoms with Gasteiger partial charge in [-0.25, -0.2) is 0 Å². The largest absolute Gasteiger partial charge is 0.337 e. The Hall–Kier alpha value is -2.54. The molecule has 1 aromatic carbocycles. The van der Waals surface area contributed by atoms with Gasteiger partial charge in [-0.05, 0) is 19.9 Å². The molecule has 3 aromatic rings. The summed E-state index contributed by atoms with van der Waals surface area (Å²) in [7, 11) is 1.99. The van der Waals surface area contributed by atoms with E-state index < -0.39 is 0 Å². The minimum Gasteiger partial charge on any atom is -0.337 e. The molecule has 0 radical (unpaired) electrons. The van der Waals surface area contributed by atoms with Gasteiger partial charge in [0.15, 0.2) is 0 Å². The Kier molecular flexibility index (Phi) is 3.86. The highest BCUT2D eigenvalue weighted by Crippen LogP contribution is 2.31. The molecule has 124 valence electrons. The molecular formula is C17H20N6O. The maximum atomic E-state index is 5.51. The number of nitrogens with zero attached hydrogens (tertiary/aromatic N) is 6. The van der Waals surface area contributed by atoms with Crippen molar-refractivity contribution in [3.63, 3.8) is 0 Å². The topological polar surface area (TPSA) is 72.9 Å². The maximum absolute atomic E-state index is 5.51. The van der Waals surface area contributed by atoms with Gasteiger partial charge in [-0.1, -0.05) is 35.5 Å². The molecule has 0 spiro atoms. The average Bonchev–Trinajstić information content (AvgIpc) is 3.35. The van der Waals surface area contributed by atoms with Gasteiger partial charge in [0.05, 0.1) is 6.04 Å². The third kappa shape index (κ3) is 2.71. The Morgan fingerprint density at radius 3 is 2.83 bits per heavy atom. The van der Waals surface area contributed by atoms with Crippen molar-refractivity contribution in [1.29, 1.82) is 0 Å². The predicted octanol–water partition coefficient (Wildman–Crippen LogP) is 2.42. The Morgan fingerprint density at radius 2 is 2.08 bits per heavy atom. The van der Waals surface area contributed by atoms with E-state index in [0.717, 1.165) is 30.9 Å². The molecule has 2 unspecified atom stereocenters. The van der Waals surface area contributed by atoms with Crippen molar-refractivity contribution in [3.05, 3.63) is 48.4 Å². The molecule has 0 bridgehead atoms. The van der Waals surface area contributed by atoms with Crippen molar-refractivity contribution < 1.29 is 4.52 Å². The number of aryl methyl sites for hydroxylation is 1. The van der Waals surface area contributed by atoms with Crippen LogP contribution in [0.25, 0.3) is 11.4 Å². The molecule has 24 heavy (non-hydrogen) atoms. The third-order valence-electron chi connectivity index (χ3n) is 4.71. The van der Waals surface area contributed by atoms with Crippen molar-refractivity contribution in [2.45, 2.75) is 25.3 Å². The summed E-state index contributed by atoms with van der Waals surface area (Å²) < 4.78 is 7.51. The highest BCUT2D eigenvalue weighted by molar-refractivity contribution is 5.53. The summed E-state index contributed by atoms with van der Waals surface area (Å²) in [5.41, 5.74) is 0.970. The van der Waals surface area contributed by atoms with E-state index in [1.165, 1.54) is 0 Å². The molecule has 0 amide bonds. The monoisotopic (exact) mass is 324 g/mol. The highest BCUT2D eigenvalue weighted by atomic mass is 16.5. The molecule has 2 atom stereocenters. The fourth-order valence-corrected chi connectivity index (χ4v) is 3.28. The maximum Gasteiger partial charge on any atom is 0.244 e. The van der Waals surface area contributed by atoms with Crippen LogP contribution in [0.2, 0.25) is 0 Å². The molecule has 7 nitrogen and oxygen atoms in total. The van der Waals surface area contributed by atoms with Crippen LogP contribution >= 0.6 is 0 Å². The summed E-state index contributed by atoms with van der Waals surface area (Å²) in [6.07, 6.45) is 2.82. The number of benzene rings is 1. The standard InChI is InChI=1S/C17H20N6O/c1-12(17-19-15(21-24-17)13-6-4-3-5-7-13)23-9-8-14(10-23)16-20-18-11-22(16)2/h3-7,11-12,14H,8-10H2,1-2H3. The normalized spacial score (nSPS) is 19.7. The Morgan fingerprint density at radius 1 is 1.25 bits per heavy atom. The van der Waals surface area contributed by atoms with Gasteiger partial charge in [-0.15, -0.1) is 10.2 Å². The van der Waals surface area contributed by atoms with Crippen LogP contribution in [0.15, 0.2) is 41.2 Å². The van der Waals surface area contributed by atoms with Crippen molar-refractivity contribution in [1.82, 2.24) is 29.8 Å². The third-order valence-corrected chi connectivity index (χ3v) is 4.71. The lowest BCUT2D eigenvalue weighted by Gasteiger charge is -2.20. The number of aromatic nitrogens is 5. The van der Waals surface area contributed by atoms with E-state index in [1.807, 2.05) is 41.9 Å². The molecule has 1 saturated heterocycles. The van der Waals surface area contributed by atoms with E-state index in [4.69, 9.17) is 4.52 Å². The fourth-order valence-electron chi connectivity index (χ4n) is 3.28. The van der Waals surface area contributed by atoms with Crippen LogP contribution in [-0.2, 0) is 7.05 Å². The molecule has 7 heteroatoms.